The van der Waals surface area contributed by atoms with E-state index < -0.39 is 5.60 Å². The third-order valence-electron chi connectivity index (χ3n) is 6.59. The van der Waals surface area contributed by atoms with Gasteiger partial charge in [0.25, 0.3) is 0 Å². The molecule has 31 heavy (non-hydrogen) atoms. The number of piperidine rings is 1. The van der Waals surface area contributed by atoms with Crippen LogP contribution < -0.4 is 0 Å². The summed E-state index contributed by atoms with van der Waals surface area (Å²) in [6.45, 7) is 10.6. The minimum absolute atomic E-state index is 0.201. The lowest BCUT2D eigenvalue weighted by molar-refractivity contribution is 0.0164. The van der Waals surface area contributed by atoms with E-state index in [1.54, 1.807) is 4.90 Å². The molecular formula is C23H36N6O2. The van der Waals surface area contributed by atoms with Gasteiger partial charge in [0, 0.05) is 44.8 Å². The standard InChI is InChI=1S/C23H36N6O2/c1-23(2,3)31-22(30)28-12-8-20(9-13-28)29-15-14-27(21(29)18(16-24)17-25)11-7-19-6-5-10-26(19)4/h19-20H,5-15H2,1-4H3. The van der Waals surface area contributed by atoms with E-state index in [1.165, 1.54) is 12.8 Å². The van der Waals surface area contributed by atoms with Crippen molar-refractivity contribution in [2.75, 3.05) is 46.3 Å². The van der Waals surface area contributed by atoms with Crippen LogP contribution in [0.4, 0.5) is 4.79 Å². The van der Waals surface area contributed by atoms with Crippen molar-refractivity contribution in [3.8, 4) is 12.1 Å². The molecule has 3 aliphatic heterocycles. The fourth-order valence-electron chi connectivity index (χ4n) is 4.96. The maximum atomic E-state index is 12.4. The summed E-state index contributed by atoms with van der Waals surface area (Å²) < 4.78 is 5.50. The predicted molar refractivity (Wildman–Crippen MR) is 118 cm³/mol. The molecule has 3 saturated heterocycles. The molecule has 1 amide bonds. The predicted octanol–water partition coefficient (Wildman–Crippen LogP) is 2.75. The van der Waals surface area contributed by atoms with E-state index in [1.807, 2.05) is 20.8 Å². The second-order valence-electron chi connectivity index (χ2n) is 9.87. The molecule has 3 heterocycles. The first kappa shape index (κ1) is 23.2. The summed E-state index contributed by atoms with van der Waals surface area (Å²) >= 11 is 0. The number of ether oxygens (including phenoxy) is 1. The van der Waals surface area contributed by atoms with Crippen molar-refractivity contribution in [1.82, 2.24) is 19.6 Å². The molecule has 0 aromatic rings. The Kier molecular flexibility index (Phi) is 7.33. The second-order valence-corrected chi connectivity index (χ2v) is 9.87. The highest BCUT2D eigenvalue weighted by Gasteiger charge is 2.36. The molecule has 0 radical (unpaired) electrons. The Balaban J connectivity index is 1.64. The maximum absolute atomic E-state index is 12.4. The number of amides is 1. The lowest BCUT2D eigenvalue weighted by Crippen LogP contribution is -2.47. The molecule has 170 valence electrons. The molecule has 0 N–H and O–H groups in total. The van der Waals surface area contributed by atoms with Gasteiger partial charge in [-0.15, -0.1) is 0 Å². The molecule has 0 aliphatic carbocycles. The minimum Gasteiger partial charge on any atom is -0.444 e. The average Bonchev–Trinajstić information content (AvgIpc) is 3.32. The Bertz CT molecular complexity index is 750. The van der Waals surface area contributed by atoms with Crippen LogP contribution >= 0.6 is 0 Å². The lowest BCUT2D eigenvalue weighted by atomic mass is 10.0. The summed E-state index contributed by atoms with van der Waals surface area (Å²) in [7, 11) is 2.18. The van der Waals surface area contributed by atoms with Gasteiger partial charge in [0.2, 0.25) is 0 Å². The molecule has 0 aromatic carbocycles. The normalized spacial score (nSPS) is 23.1. The van der Waals surface area contributed by atoms with E-state index in [-0.39, 0.29) is 17.7 Å². The summed E-state index contributed by atoms with van der Waals surface area (Å²) in [6.07, 6.45) is 4.88. The van der Waals surface area contributed by atoms with Gasteiger partial charge in [-0.2, -0.15) is 10.5 Å². The number of carbonyl (C=O) groups is 1. The number of nitriles is 2. The number of allylic oxidation sites excluding steroid dienone is 1. The summed E-state index contributed by atoms with van der Waals surface area (Å²) in [5.41, 5.74) is -0.298. The van der Waals surface area contributed by atoms with Crippen molar-refractivity contribution in [2.45, 2.75) is 70.6 Å². The Labute approximate surface area is 186 Å². The van der Waals surface area contributed by atoms with Crippen LogP contribution in [0.15, 0.2) is 11.4 Å². The average molecular weight is 429 g/mol. The largest absolute Gasteiger partial charge is 0.444 e. The molecule has 3 rings (SSSR count). The fraction of sp³-hybridized carbons (Fsp3) is 0.783. The van der Waals surface area contributed by atoms with Crippen molar-refractivity contribution in [2.24, 2.45) is 0 Å². The summed E-state index contributed by atoms with van der Waals surface area (Å²) in [6, 6.07) is 5.05. The third-order valence-corrected chi connectivity index (χ3v) is 6.59. The van der Waals surface area contributed by atoms with Crippen LogP contribution in [0.3, 0.4) is 0 Å². The van der Waals surface area contributed by atoms with E-state index in [9.17, 15) is 15.3 Å². The molecule has 0 aromatic heterocycles. The molecule has 0 saturated carbocycles. The number of nitrogens with zero attached hydrogens (tertiary/aromatic N) is 6. The van der Waals surface area contributed by atoms with E-state index in [0.717, 1.165) is 51.3 Å². The smallest absolute Gasteiger partial charge is 0.410 e. The highest BCUT2D eigenvalue weighted by atomic mass is 16.6. The Morgan fingerprint density at radius 2 is 1.74 bits per heavy atom. The van der Waals surface area contributed by atoms with E-state index in [0.29, 0.717) is 19.1 Å². The van der Waals surface area contributed by atoms with Crippen LogP contribution in [-0.2, 0) is 4.74 Å². The molecule has 8 nitrogen and oxygen atoms in total. The second kappa shape index (κ2) is 9.78. The van der Waals surface area contributed by atoms with Crippen LogP contribution in [0.5, 0.6) is 0 Å². The molecule has 3 aliphatic rings. The molecule has 0 spiro atoms. The summed E-state index contributed by atoms with van der Waals surface area (Å²) in [4.78, 5) is 21.0. The first-order valence-corrected chi connectivity index (χ1v) is 11.5. The number of hydrogen-bond donors (Lipinski definition) is 0. The van der Waals surface area contributed by atoms with Crippen LogP contribution in [0.25, 0.3) is 0 Å². The van der Waals surface area contributed by atoms with Crippen molar-refractivity contribution >= 4 is 6.09 Å². The molecule has 1 atom stereocenters. The highest BCUT2D eigenvalue weighted by molar-refractivity contribution is 5.68. The Morgan fingerprint density at radius 3 is 2.29 bits per heavy atom. The zero-order chi connectivity index (χ0) is 22.6. The molecule has 1 unspecified atom stereocenters. The van der Waals surface area contributed by atoms with Crippen molar-refractivity contribution in [3.05, 3.63) is 11.4 Å². The highest BCUT2D eigenvalue weighted by Crippen LogP contribution is 2.30. The SMILES string of the molecule is CN1CCCC1CCN1CCN(C2CCN(C(=O)OC(C)(C)C)CC2)C1=C(C#N)C#N. The van der Waals surface area contributed by atoms with Crippen LogP contribution in [0, 0.1) is 22.7 Å². The van der Waals surface area contributed by atoms with Gasteiger partial charge in [0.05, 0.1) is 0 Å². The number of hydrogen-bond acceptors (Lipinski definition) is 7. The molecule has 8 heteroatoms. The maximum Gasteiger partial charge on any atom is 0.410 e. The number of likely N-dealkylation sites (tertiary alicyclic amines) is 2. The zero-order valence-corrected chi connectivity index (χ0v) is 19.4. The first-order chi connectivity index (χ1) is 14.7. The van der Waals surface area contributed by atoms with Crippen molar-refractivity contribution in [3.63, 3.8) is 0 Å². The van der Waals surface area contributed by atoms with Gasteiger partial charge in [0.1, 0.15) is 23.6 Å². The van der Waals surface area contributed by atoms with E-state index >= 15 is 0 Å². The first-order valence-electron chi connectivity index (χ1n) is 11.5. The van der Waals surface area contributed by atoms with Gasteiger partial charge in [0.15, 0.2) is 5.57 Å². The summed E-state index contributed by atoms with van der Waals surface area (Å²) in [5.74, 6) is 0.793. The zero-order valence-electron chi connectivity index (χ0n) is 19.4. The fourth-order valence-corrected chi connectivity index (χ4v) is 4.96. The van der Waals surface area contributed by atoms with Gasteiger partial charge >= 0.3 is 6.09 Å². The van der Waals surface area contributed by atoms with E-state index in [4.69, 9.17) is 4.74 Å². The monoisotopic (exact) mass is 428 g/mol. The van der Waals surface area contributed by atoms with Gasteiger partial charge in [-0.3, -0.25) is 0 Å². The topological polar surface area (TPSA) is 86.8 Å². The molecular weight excluding hydrogens is 392 g/mol. The van der Waals surface area contributed by atoms with Gasteiger partial charge in [-0.05, 0) is 66.5 Å². The molecule has 0 bridgehead atoms. The number of rotatable bonds is 4. The van der Waals surface area contributed by atoms with Crippen LogP contribution in [-0.4, -0.2) is 89.7 Å². The number of carbonyl (C=O) groups excluding carboxylic acids is 1. The van der Waals surface area contributed by atoms with Crippen LogP contribution in [0.1, 0.15) is 52.9 Å². The van der Waals surface area contributed by atoms with E-state index in [2.05, 4.69) is 33.9 Å². The van der Waals surface area contributed by atoms with Crippen molar-refractivity contribution in [1.29, 1.82) is 10.5 Å². The lowest BCUT2D eigenvalue weighted by Gasteiger charge is -2.39. The summed E-state index contributed by atoms with van der Waals surface area (Å²) in [5, 5.41) is 19.2. The Morgan fingerprint density at radius 1 is 1.06 bits per heavy atom. The van der Waals surface area contributed by atoms with Gasteiger partial charge < -0.3 is 24.3 Å². The molecule has 3 fully saturated rings. The van der Waals surface area contributed by atoms with Gasteiger partial charge in [-0.25, -0.2) is 4.79 Å². The quantitative estimate of drug-likeness (QED) is 0.636. The minimum atomic E-state index is -0.499. The van der Waals surface area contributed by atoms with Gasteiger partial charge in [-0.1, -0.05) is 0 Å². The Hall–Kier alpha value is -2.45. The van der Waals surface area contributed by atoms with Crippen LogP contribution in [0.2, 0.25) is 0 Å². The third kappa shape index (κ3) is 5.62. The van der Waals surface area contributed by atoms with Crippen molar-refractivity contribution < 1.29 is 9.53 Å².